The van der Waals surface area contributed by atoms with Crippen molar-refractivity contribution in [1.82, 2.24) is 14.8 Å². The summed E-state index contributed by atoms with van der Waals surface area (Å²) < 4.78 is 5.32. The summed E-state index contributed by atoms with van der Waals surface area (Å²) >= 11 is 0. The van der Waals surface area contributed by atoms with Crippen LogP contribution in [0.5, 0.6) is 0 Å². The third-order valence-electron chi connectivity index (χ3n) is 6.10. The molecule has 1 spiro atoms. The Morgan fingerprint density at radius 3 is 2.31 bits per heavy atom. The molecule has 0 radical (unpaired) electrons. The third-order valence-corrected chi connectivity index (χ3v) is 6.10. The van der Waals surface area contributed by atoms with Crippen molar-refractivity contribution in [3.8, 4) is 0 Å². The first-order chi connectivity index (χ1) is 12.6. The van der Waals surface area contributed by atoms with Crippen LogP contribution in [-0.2, 0) is 9.53 Å². The van der Waals surface area contributed by atoms with Crippen molar-refractivity contribution in [1.29, 1.82) is 0 Å². The molecular formula is C19H23N3O4. The molecule has 0 aliphatic carbocycles. The highest BCUT2D eigenvalue weighted by molar-refractivity contribution is 6.19. The Balaban J connectivity index is 1.47. The van der Waals surface area contributed by atoms with Gasteiger partial charge in [-0.1, -0.05) is 0 Å². The lowest BCUT2D eigenvalue weighted by molar-refractivity contribution is -0.134. The van der Waals surface area contributed by atoms with Gasteiger partial charge in [0, 0.05) is 38.6 Å². The molecule has 3 aliphatic rings. The second-order valence-corrected chi connectivity index (χ2v) is 7.39. The minimum absolute atomic E-state index is 0.239. The Morgan fingerprint density at radius 1 is 1.08 bits per heavy atom. The lowest BCUT2D eigenvalue weighted by Crippen LogP contribution is -2.47. The average molecular weight is 357 g/mol. The number of cyclic esters (lactones) is 1. The Kier molecular flexibility index (Phi) is 4.30. The molecule has 3 aliphatic heterocycles. The van der Waals surface area contributed by atoms with E-state index in [1.54, 1.807) is 12.4 Å². The van der Waals surface area contributed by atoms with E-state index in [0.29, 0.717) is 25.3 Å². The number of nitrogens with zero attached hydrogens (tertiary/aromatic N) is 3. The van der Waals surface area contributed by atoms with Gasteiger partial charge in [-0.05, 0) is 48.8 Å². The zero-order chi connectivity index (χ0) is 18.1. The molecule has 1 aromatic rings. The molecule has 7 heteroatoms. The van der Waals surface area contributed by atoms with Gasteiger partial charge in [0.2, 0.25) is 0 Å². The van der Waals surface area contributed by atoms with Crippen LogP contribution in [0.15, 0.2) is 30.2 Å². The molecule has 7 nitrogen and oxygen atoms in total. The summed E-state index contributed by atoms with van der Waals surface area (Å²) in [6.07, 6.45) is 6.48. The molecule has 0 aromatic carbocycles. The molecule has 2 fully saturated rings. The fourth-order valence-corrected chi connectivity index (χ4v) is 4.37. The predicted molar refractivity (Wildman–Crippen MR) is 94.2 cm³/mol. The SMILES string of the molecule is O=C1OCC(N2CCC3(CCN(C(=O)O)CC3)CC2)=C1c1ccncc1. The summed E-state index contributed by atoms with van der Waals surface area (Å²) in [6, 6.07) is 3.68. The fraction of sp³-hybridized carbons (Fsp3) is 0.526. The lowest BCUT2D eigenvalue weighted by Gasteiger charge is -2.47. The van der Waals surface area contributed by atoms with Crippen LogP contribution in [0.3, 0.4) is 0 Å². The number of aromatic nitrogens is 1. The van der Waals surface area contributed by atoms with E-state index >= 15 is 0 Å². The van der Waals surface area contributed by atoms with Gasteiger partial charge in [0.25, 0.3) is 0 Å². The predicted octanol–water partition coefficient (Wildman–Crippen LogP) is 2.21. The molecule has 26 heavy (non-hydrogen) atoms. The molecule has 1 N–H and O–H groups in total. The van der Waals surface area contributed by atoms with Crippen LogP contribution in [0.2, 0.25) is 0 Å². The highest BCUT2D eigenvalue weighted by Gasteiger charge is 2.40. The van der Waals surface area contributed by atoms with E-state index in [-0.39, 0.29) is 11.4 Å². The Bertz CT molecular complexity index is 728. The lowest BCUT2D eigenvalue weighted by atomic mass is 9.71. The van der Waals surface area contributed by atoms with Crippen molar-refractivity contribution in [2.24, 2.45) is 5.41 Å². The number of carbonyl (C=O) groups is 2. The number of likely N-dealkylation sites (tertiary alicyclic amines) is 2. The van der Waals surface area contributed by atoms with Crippen LogP contribution in [0.4, 0.5) is 4.79 Å². The quantitative estimate of drug-likeness (QED) is 0.817. The maximum Gasteiger partial charge on any atom is 0.407 e. The number of carbonyl (C=O) groups excluding carboxylic acids is 1. The highest BCUT2D eigenvalue weighted by Crippen LogP contribution is 2.43. The number of hydrogen-bond donors (Lipinski definition) is 1. The minimum atomic E-state index is -0.814. The van der Waals surface area contributed by atoms with E-state index in [1.807, 2.05) is 12.1 Å². The summed E-state index contributed by atoms with van der Waals surface area (Å²) in [5.41, 5.74) is 2.72. The molecule has 0 bridgehead atoms. The van der Waals surface area contributed by atoms with Gasteiger partial charge in [0.15, 0.2) is 0 Å². The topological polar surface area (TPSA) is 83.0 Å². The normalized spacial score (nSPS) is 22.7. The Labute approximate surface area is 152 Å². The van der Waals surface area contributed by atoms with Crippen LogP contribution >= 0.6 is 0 Å². The van der Waals surface area contributed by atoms with Crippen molar-refractivity contribution >= 4 is 17.6 Å². The number of rotatable bonds is 2. The maximum absolute atomic E-state index is 12.2. The molecule has 0 atom stereocenters. The first-order valence-electron chi connectivity index (χ1n) is 9.11. The van der Waals surface area contributed by atoms with E-state index < -0.39 is 6.09 Å². The number of esters is 1. The van der Waals surface area contributed by atoms with Crippen LogP contribution in [0.25, 0.3) is 5.57 Å². The first-order valence-corrected chi connectivity index (χ1v) is 9.11. The van der Waals surface area contributed by atoms with E-state index in [1.165, 1.54) is 4.90 Å². The fourth-order valence-electron chi connectivity index (χ4n) is 4.37. The number of hydrogen-bond acceptors (Lipinski definition) is 5. The summed E-state index contributed by atoms with van der Waals surface area (Å²) in [4.78, 5) is 31.2. The molecule has 4 rings (SSSR count). The van der Waals surface area contributed by atoms with Crippen molar-refractivity contribution in [2.45, 2.75) is 25.7 Å². The number of piperidine rings is 2. The van der Waals surface area contributed by atoms with Crippen LogP contribution in [0.1, 0.15) is 31.2 Å². The smallest absolute Gasteiger partial charge is 0.407 e. The molecule has 4 heterocycles. The van der Waals surface area contributed by atoms with Crippen LogP contribution in [0, 0.1) is 5.41 Å². The van der Waals surface area contributed by atoms with Crippen molar-refractivity contribution in [2.75, 3.05) is 32.8 Å². The van der Waals surface area contributed by atoms with Gasteiger partial charge in [0.05, 0.1) is 11.3 Å². The zero-order valence-corrected chi connectivity index (χ0v) is 14.7. The average Bonchev–Trinajstić information content (AvgIpc) is 3.05. The second-order valence-electron chi connectivity index (χ2n) is 7.39. The van der Waals surface area contributed by atoms with Gasteiger partial charge >= 0.3 is 12.1 Å². The number of ether oxygens (including phenoxy) is 1. The van der Waals surface area contributed by atoms with Gasteiger partial charge in [-0.2, -0.15) is 0 Å². The molecule has 0 unspecified atom stereocenters. The minimum Gasteiger partial charge on any atom is -0.465 e. The maximum atomic E-state index is 12.2. The van der Waals surface area contributed by atoms with Gasteiger partial charge in [-0.15, -0.1) is 0 Å². The van der Waals surface area contributed by atoms with E-state index in [0.717, 1.165) is 50.0 Å². The number of pyridine rings is 1. The van der Waals surface area contributed by atoms with Gasteiger partial charge in [-0.25, -0.2) is 9.59 Å². The summed E-state index contributed by atoms with van der Waals surface area (Å²) in [5.74, 6) is -0.263. The third kappa shape index (κ3) is 3.02. The molecule has 0 saturated carbocycles. The monoisotopic (exact) mass is 357 g/mol. The van der Waals surface area contributed by atoms with Crippen molar-refractivity contribution in [3.63, 3.8) is 0 Å². The molecule has 1 aromatic heterocycles. The van der Waals surface area contributed by atoms with E-state index in [9.17, 15) is 9.59 Å². The van der Waals surface area contributed by atoms with Crippen LogP contribution in [-0.4, -0.2) is 64.7 Å². The summed E-state index contributed by atoms with van der Waals surface area (Å²) in [7, 11) is 0. The standard InChI is InChI=1S/C19H23N3O4/c23-17-16(14-1-7-20-8-2-14)15(13-26-17)21-9-3-19(4-10-21)5-11-22(12-6-19)18(24)25/h1-2,7-8H,3-6,9-13H2,(H,24,25). The van der Waals surface area contributed by atoms with Gasteiger partial charge in [-0.3, -0.25) is 4.98 Å². The zero-order valence-electron chi connectivity index (χ0n) is 14.7. The Hall–Kier alpha value is -2.57. The van der Waals surface area contributed by atoms with Gasteiger partial charge < -0.3 is 19.6 Å². The molecular weight excluding hydrogens is 334 g/mol. The number of amides is 1. The van der Waals surface area contributed by atoms with E-state index in [2.05, 4.69) is 9.88 Å². The Morgan fingerprint density at radius 2 is 1.69 bits per heavy atom. The highest BCUT2D eigenvalue weighted by atomic mass is 16.5. The summed E-state index contributed by atoms with van der Waals surface area (Å²) in [5, 5.41) is 9.13. The van der Waals surface area contributed by atoms with Gasteiger partial charge in [0.1, 0.15) is 6.61 Å². The molecule has 1 amide bonds. The number of carboxylic acid groups (broad SMARTS) is 1. The largest absolute Gasteiger partial charge is 0.465 e. The first kappa shape index (κ1) is 16.9. The van der Waals surface area contributed by atoms with Crippen molar-refractivity contribution in [3.05, 3.63) is 35.8 Å². The second kappa shape index (κ2) is 6.63. The molecule has 138 valence electrons. The van der Waals surface area contributed by atoms with Crippen molar-refractivity contribution < 1.29 is 19.4 Å². The summed E-state index contributed by atoms with van der Waals surface area (Å²) in [6.45, 7) is 3.35. The van der Waals surface area contributed by atoms with Crippen LogP contribution < -0.4 is 0 Å². The molecule has 2 saturated heterocycles. The van der Waals surface area contributed by atoms with E-state index in [4.69, 9.17) is 9.84 Å².